The summed E-state index contributed by atoms with van der Waals surface area (Å²) in [6.45, 7) is -0.551. The van der Waals surface area contributed by atoms with E-state index in [0.717, 1.165) is 13.2 Å². The quantitative estimate of drug-likeness (QED) is 0.645. The molecule has 0 spiro atoms. The number of halogens is 4. The molecule has 5 nitrogen and oxygen atoms in total. The van der Waals surface area contributed by atoms with Gasteiger partial charge in [0.25, 0.3) is 5.91 Å². The zero-order valence-corrected chi connectivity index (χ0v) is 10.7. The first kappa shape index (κ1) is 16.9. The van der Waals surface area contributed by atoms with Crippen molar-refractivity contribution in [1.82, 2.24) is 5.32 Å². The lowest BCUT2D eigenvalue weighted by atomic mass is 10.1. The molecular formula is C12H11F4NO4. The van der Waals surface area contributed by atoms with Gasteiger partial charge in [-0.15, -0.1) is 0 Å². The first-order valence-corrected chi connectivity index (χ1v) is 5.57. The zero-order valence-electron chi connectivity index (χ0n) is 10.7. The molecular weight excluding hydrogens is 298 g/mol. The number of ether oxygens (including phenoxy) is 1. The molecule has 116 valence electrons. The van der Waals surface area contributed by atoms with E-state index in [4.69, 9.17) is 0 Å². The van der Waals surface area contributed by atoms with Crippen LogP contribution in [0, 0.1) is 5.82 Å². The zero-order chi connectivity index (χ0) is 16.2. The Hall–Kier alpha value is -2.16. The van der Waals surface area contributed by atoms with Crippen LogP contribution < -0.4 is 5.32 Å². The van der Waals surface area contributed by atoms with Gasteiger partial charge in [0.2, 0.25) is 0 Å². The fourth-order valence-corrected chi connectivity index (χ4v) is 1.39. The van der Waals surface area contributed by atoms with Crippen LogP contribution in [0.4, 0.5) is 17.6 Å². The van der Waals surface area contributed by atoms with Gasteiger partial charge < -0.3 is 15.2 Å². The summed E-state index contributed by atoms with van der Waals surface area (Å²) in [6.07, 6.45) is -6.59. The van der Waals surface area contributed by atoms with Crippen LogP contribution >= 0.6 is 0 Å². The molecule has 0 saturated heterocycles. The number of alkyl halides is 3. The highest BCUT2D eigenvalue weighted by atomic mass is 19.4. The Morgan fingerprint density at radius 2 is 2.00 bits per heavy atom. The molecule has 0 heterocycles. The number of hydrogen-bond acceptors (Lipinski definition) is 4. The van der Waals surface area contributed by atoms with Crippen molar-refractivity contribution in [3.8, 4) is 0 Å². The number of benzene rings is 1. The molecule has 0 aliphatic heterocycles. The maximum Gasteiger partial charge on any atom is 0.419 e. The number of nitrogens with one attached hydrogen (secondary N) is 1. The molecule has 0 bridgehead atoms. The molecule has 1 unspecified atom stereocenters. The van der Waals surface area contributed by atoms with Crippen molar-refractivity contribution in [3.63, 3.8) is 0 Å². The fraction of sp³-hybridized carbons (Fsp3) is 0.333. The van der Waals surface area contributed by atoms with Gasteiger partial charge in [-0.1, -0.05) is 0 Å². The molecule has 0 aliphatic rings. The monoisotopic (exact) mass is 309 g/mol. The second kappa shape index (κ2) is 6.53. The van der Waals surface area contributed by atoms with Crippen LogP contribution in [0.1, 0.15) is 15.9 Å². The third-order valence-electron chi connectivity index (χ3n) is 2.46. The maximum absolute atomic E-state index is 13.0. The summed E-state index contributed by atoms with van der Waals surface area (Å²) in [4.78, 5) is 22.5. The number of methoxy groups -OCH3 is 1. The standard InChI is InChI=1S/C12H11F4NO4/c1-21-11(20)9(18)5-17-10(19)6-2-3-8(13)7(4-6)12(14,15)16/h2-4,9,18H,5H2,1H3,(H,17,19). The van der Waals surface area contributed by atoms with E-state index in [-0.39, 0.29) is 0 Å². The lowest BCUT2D eigenvalue weighted by Crippen LogP contribution is -2.37. The molecule has 0 saturated carbocycles. The van der Waals surface area contributed by atoms with Gasteiger partial charge in [0.15, 0.2) is 6.10 Å². The smallest absolute Gasteiger partial charge is 0.419 e. The number of rotatable bonds is 4. The van der Waals surface area contributed by atoms with E-state index in [1.165, 1.54) is 0 Å². The topological polar surface area (TPSA) is 75.6 Å². The van der Waals surface area contributed by atoms with Gasteiger partial charge in [-0.05, 0) is 18.2 Å². The molecule has 1 rings (SSSR count). The number of carbonyl (C=O) groups is 2. The van der Waals surface area contributed by atoms with E-state index in [9.17, 15) is 32.3 Å². The predicted octanol–water partition coefficient (Wildman–Crippen LogP) is 1.11. The first-order chi connectivity index (χ1) is 9.66. The van der Waals surface area contributed by atoms with Gasteiger partial charge >= 0.3 is 12.1 Å². The summed E-state index contributed by atoms with van der Waals surface area (Å²) >= 11 is 0. The van der Waals surface area contributed by atoms with Crippen molar-refractivity contribution >= 4 is 11.9 Å². The van der Waals surface area contributed by atoms with Crippen molar-refractivity contribution < 1.29 is 37.0 Å². The van der Waals surface area contributed by atoms with Crippen LogP contribution in [-0.2, 0) is 15.7 Å². The molecule has 0 radical (unpaired) electrons. The molecule has 2 N–H and O–H groups in total. The Kier molecular flexibility index (Phi) is 5.25. The van der Waals surface area contributed by atoms with Crippen LogP contribution in [0.15, 0.2) is 18.2 Å². The summed E-state index contributed by atoms with van der Waals surface area (Å²) in [5, 5.41) is 11.2. The predicted molar refractivity (Wildman–Crippen MR) is 61.8 cm³/mol. The van der Waals surface area contributed by atoms with Crippen LogP contribution in [0.5, 0.6) is 0 Å². The highest BCUT2D eigenvalue weighted by Gasteiger charge is 2.34. The van der Waals surface area contributed by atoms with Gasteiger partial charge in [0.1, 0.15) is 5.82 Å². The molecule has 21 heavy (non-hydrogen) atoms. The molecule has 1 aromatic rings. The number of aliphatic hydroxyl groups is 1. The van der Waals surface area contributed by atoms with E-state index < -0.39 is 47.6 Å². The highest BCUT2D eigenvalue weighted by Crippen LogP contribution is 2.31. The molecule has 1 amide bonds. The number of amides is 1. The van der Waals surface area contributed by atoms with Gasteiger partial charge in [-0.3, -0.25) is 4.79 Å². The minimum absolute atomic E-state index is 0.342. The van der Waals surface area contributed by atoms with Crippen molar-refractivity contribution in [1.29, 1.82) is 0 Å². The van der Waals surface area contributed by atoms with E-state index in [1.54, 1.807) is 0 Å². The average Bonchev–Trinajstić information content (AvgIpc) is 2.42. The largest absolute Gasteiger partial charge is 0.467 e. The molecule has 1 aromatic carbocycles. The van der Waals surface area contributed by atoms with Crippen LogP contribution in [0.2, 0.25) is 0 Å². The van der Waals surface area contributed by atoms with Gasteiger partial charge in [-0.25, -0.2) is 9.18 Å². The van der Waals surface area contributed by atoms with Crippen LogP contribution in [0.25, 0.3) is 0 Å². The number of hydrogen-bond donors (Lipinski definition) is 2. The minimum Gasteiger partial charge on any atom is -0.467 e. The van der Waals surface area contributed by atoms with Crippen molar-refractivity contribution in [2.24, 2.45) is 0 Å². The van der Waals surface area contributed by atoms with E-state index in [0.29, 0.717) is 12.1 Å². The Morgan fingerprint density at radius 3 is 2.52 bits per heavy atom. The van der Waals surface area contributed by atoms with E-state index in [2.05, 4.69) is 4.74 Å². The molecule has 9 heteroatoms. The maximum atomic E-state index is 13.0. The molecule has 0 aliphatic carbocycles. The lowest BCUT2D eigenvalue weighted by molar-refractivity contribution is -0.149. The Morgan fingerprint density at radius 1 is 1.38 bits per heavy atom. The van der Waals surface area contributed by atoms with Gasteiger partial charge in [0.05, 0.1) is 19.2 Å². The lowest BCUT2D eigenvalue weighted by Gasteiger charge is -2.12. The summed E-state index contributed by atoms with van der Waals surface area (Å²) in [5.41, 5.74) is -2.04. The Bertz CT molecular complexity index is 545. The fourth-order valence-electron chi connectivity index (χ4n) is 1.39. The van der Waals surface area contributed by atoms with E-state index >= 15 is 0 Å². The van der Waals surface area contributed by atoms with E-state index in [1.807, 2.05) is 5.32 Å². The second-order valence-electron chi connectivity index (χ2n) is 3.94. The second-order valence-corrected chi connectivity index (χ2v) is 3.94. The average molecular weight is 309 g/mol. The van der Waals surface area contributed by atoms with Crippen molar-refractivity contribution in [3.05, 3.63) is 35.1 Å². The minimum atomic E-state index is -4.94. The van der Waals surface area contributed by atoms with Gasteiger partial charge in [-0.2, -0.15) is 13.2 Å². The third kappa shape index (κ3) is 4.42. The highest BCUT2D eigenvalue weighted by molar-refractivity contribution is 5.94. The van der Waals surface area contributed by atoms with Crippen molar-refractivity contribution in [2.75, 3.05) is 13.7 Å². The summed E-state index contributed by atoms with van der Waals surface area (Å²) in [7, 11) is 1.02. The molecule has 1 atom stereocenters. The number of esters is 1. The van der Waals surface area contributed by atoms with Crippen LogP contribution in [-0.4, -0.2) is 36.7 Å². The Labute approximate surface area is 116 Å². The summed E-state index contributed by atoms with van der Waals surface area (Å²) in [5.74, 6) is -3.51. The van der Waals surface area contributed by atoms with Gasteiger partial charge in [0, 0.05) is 5.56 Å². The summed E-state index contributed by atoms with van der Waals surface area (Å²) in [6, 6.07) is 1.70. The number of carbonyl (C=O) groups excluding carboxylic acids is 2. The van der Waals surface area contributed by atoms with Crippen LogP contribution in [0.3, 0.4) is 0 Å². The number of aliphatic hydroxyl groups excluding tert-OH is 1. The first-order valence-electron chi connectivity index (χ1n) is 5.57. The molecule has 0 fully saturated rings. The normalized spacial score (nSPS) is 12.7. The summed E-state index contributed by atoms with van der Waals surface area (Å²) < 4.78 is 54.7. The Balaban J connectivity index is 2.82. The molecule has 0 aromatic heterocycles. The SMILES string of the molecule is COC(=O)C(O)CNC(=O)c1ccc(F)c(C(F)(F)F)c1. The third-order valence-corrected chi connectivity index (χ3v) is 2.46. The van der Waals surface area contributed by atoms with Crippen molar-refractivity contribution in [2.45, 2.75) is 12.3 Å².